The lowest BCUT2D eigenvalue weighted by molar-refractivity contribution is -0.136. The minimum Gasteiger partial charge on any atom is -0.378 e. The molecule has 0 spiro atoms. The monoisotopic (exact) mass is 277 g/mol. The molecule has 1 aliphatic rings. The highest BCUT2D eigenvalue weighted by Crippen LogP contribution is 2.22. The number of carbonyl (C=O) groups is 1. The number of halogens is 1. The third kappa shape index (κ3) is 3.45. The van der Waals surface area contributed by atoms with Crippen molar-refractivity contribution >= 4 is 21.8 Å². The topological polar surface area (TPSA) is 29.5 Å². The Balaban J connectivity index is 2.55. The lowest BCUT2D eigenvalue weighted by Gasteiger charge is -2.28. The van der Waals surface area contributed by atoms with Crippen molar-refractivity contribution in [3.8, 4) is 0 Å². The molecule has 1 saturated heterocycles. The van der Waals surface area contributed by atoms with Crippen LogP contribution in [0.15, 0.2) is 0 Å². The van der Waals surface area contributed by atoms with Gasteiger partial charge in [-0.15, -0.1) is 0 Å². The minimum atomic E-state index is 0.0708. The highest BCUT2D eigenvalue weighted by molar-refractivity contribution is 9.09. The Hall–Kier alpha value is -0.0900. The summed E-state index contributed by atoms with van der Waals surface area (Å²) in [5.74, 6) is 0.315. The molecule has 2 atom stereocenters. The van der Waals surface area contributed by atoms with Crippen LogP contribution in [0, 0.1) is 5.92 Å². The first-order valence-corrected chi connectivity index (χ1v) is 6.66. The number of ether oxygens (including phenoxy) is 1. The first kappa shape index (κ1) is 13.0. The largest absolute Gasteiger partial charge is 0.378 e. The van der Waals surface area contributed by atoms with Gasteiger partial charge in [-0.2, -0.15) is 0 Å². The van der Waals surface area contributed by atoms with Gasteiger partial charge in [0.1, 0.15) is 0 Å². The van der Waals surface area contributed by atoms with E-state index in [1.54, 1.807) is 0 Å². The fourth-order valence-electron chi connectivity index (χ4n) is 1.94. The Bertz CT molecular complexity index is 221. The zero-order valence-electron chi connectivity index (χ0n) is 9.70. The zero-order chi connectivity index (χ0) is 11.4. The van der Waals surface area contributed by atoms with Crippen molar-refractivity contribution in [1.82, 2.24) is 4.90 Å². The number of hydrogen-bond acceptors (Lipinski definition) is 2. The van der Waals surface area contributed by atoms with Gasteiger partial charge < -0.3 is 9.64 Å². The van der Waals surface area contributed by atoms with Crippen molar-refractivity contribution in [2.45, 2.75) is 39.3 Å². The highest BCUT2D eigenvalue weighted by atomic mass is 79.9. The van der Waals surface area contributed by atoms with Gasteiger partial charge in [-0.3, -0.25) is 4.79 Å². The van der Waals surface area contributed by atoms with Gasteiger partial charge in [0.15, 0.2) is 0 Å². The van der Waals surface area contributed by atoms with Crippen molar-refractivity contribution in [1.29, 1.82) is 0 Å². The fraction of sp³-hybridized carbons (Fsp3) is 0.909. The average Bonchev–Trinajstić information content (AvgIpc) is 2.59. The molecule has 0 aromatic carbocycles. The van der Waals surface area contributed by atoms with Gasteiger partial charge in [0.25, 0.3) is 0 Å². The van der Waals surface area contributed by atoms with Crippen LogP contribution in [0.2, 0.25) is 0 Å². The normalized spacial score (nSPS) is 25.9. The van der Waals surface area contributed by atoms with Crippen molar-refractivity contribution in [3.05, 3.63) is 0 Å². The van der Waals surface area contributed by atoms with E-state index in [4.69, 9.17) is 4.74 Å². The van der Waals surface area contributed by atoms with E-state index in [0.717, 1.165) is 18.3 Å². The van der Waals surface area contributed by atoms with Crippen LogP contribution in [0.5, 0.6) is 0 Å². The average molecular weight is 278 g/mol. The Morgan fingerprint density at radius 1 is 1.60 bits per heavy atom. The molecule has 4 heteroatoms. The molecule has 0 radical (unpaired) electrons. The molecule has 1 aliphatic heterocycles. The van der Waals surface area contributed by atoms with Gasteiger partial charge in [0.2, 0.25) is 5.91 Å². The van der Waals surface area contributed by atoms with Crippen LogP contribution in [0.3, 0.4) is 0 Å². The molecule has 3 nitrogen and oxygen atoms in total. The molecular weight excluding hydrogens is 258 g/mol. The molecule has 0 saturated carbocycles. The summed E-state index contributed by atoms with van der Waals surface area (Å²) in [6.45, 7) is 7.50. The summed E-state index contributed by atoms with van der Waals surface area (Å²) in [5.41, 5.74) is 0. The molecule has 0 aromatic heterocycles. The van der Waals surface area contributed by atoms with Crippen molar-refractivity contribution in [2.24, 2.45) is 5.92 Å². The van der Waals surface area contributed by atoms with E-state index >= 15 is 0 Å². The standard InChI is InChI=1S/C11H20BrNO2/c1-8(2)13(5-4-12)11(14)10-6-9(3)15-7-10/h8-10H,4-7H2,1-3H3. The van der Waals surface area contributed by atoms with Gasteiger partial charge in [0, 0.05) is 17.9 Å². The Labute approximate surface area is 100 Å². The second-order valence-corrected chi connectivity index (χ2v) is 5.18. The smallest absolute Gasteiger partial charge is 0.228 e. The predicted octanol–water partition coefficient (Wildman–Crippen LogP) is 2.04. The first-order chi connectivity index (χ1) is 7.06. The SMILES string of the molecule is CC1CC(C(=O)N(CCBr)C(C)C)CO1. The fourth-order valence-corrected chi connectivity index (χ4v) is 2.32. The van der Waals surface area contributed by atoms with E-state index in [1.807, 2.05) is 11.8 Å². The molecule has 2 unspecified atom stereocenters. The number of rotatable bonds is 4. The maximum absolute atomic E-state index is 12.1. The van der Waals surface area contributed by atoms with E-state index in [0.29, 0.717) is 6.61 Å². The van der Waals surface area contributed by atoms with Crippen LogP contribution in [-0.4, -0.2) is 41.4 Å². The lowest BCUT2D eigenvalue weighted by atomic mass is 10.0. The summed E-state index contributed by atoms with van der Waals surface area (Å²) in [5, 5.41) is 0.833. The van der Waals surface area contributed by atoms with Gasteiger partial charge in [-0.05, 0) is 27.2 Å². The summed E-state index contributed by atoms with van der Waals surface area (Å²) in [4.78, 5) is 14.1. The molecule has 0 aliphatic carbocycles. The molecular formula is C11H20BrNO2. The number of amides is 1. The van der Waals surface area contributed by atoms with Gasteiger partial charge in [0.05, 0.1) is 18.6 Å². The first-order valence-electron chi connectivity index (χ1n) is 5.54. The second-order valence-electron chi connectivity index (χ2n) is 4.39. The molecule has 0 bridgehead atoms. The van der Waals surface area contributed by atoms with Crippen molar-refractivity contribution in [3.63, 3.8) is 0 Å². The predicted molar refractivity (Wildman–Crippen MR) is 64.2 cm³/mol. The molecule has 1 fully saturated rings. The van der Waals surface area contributed by atoms with Gasteiger partial charge >= 0.3 is 0 Å². The maximum Gasteiger partial charge on any atom is 0.228 e. The summed E-state index contributed by atoms with van der Waals surface area (Å²) in [7, 11) is 0. The minimum absolute atomic E-state index is 0.0708. The van der Waals surface area contributed by atoms with Crippen LogP contribution >= 0.6 is 15.9 Å². The number of hydrogen-bond donors (Lipinski definition) is 0. The quantitative estimate of drug-likeness (QED) is 0.736. The molecule has 0 aromatic rings. The Morgan fingerprint density at radius 3 is 2.67 bits per heavy atom. The van der Waals surface area contributed by atoms with Gasteiger partial charge in [-0.25, -0.2) is 0 Å². The van der Waals surface area contributed by atoms with Crippen molar-refractivity contribution in [2.75, 3.05) is 18.5 Å². The van der Waals surface area contributed by atoms with E-state index in [2.05, 4.69) is 29.8 Å². The third-order valence-corrected chi connectivity index (χ3v) is 3.13. The summed E-state index contributed by atoms with van der Waals surface area (Å²) >= 11 is 3.38. The Kier molecular flexibility index (Phi) is 5.06. The van der Waals surface area contributed by atoms with Gasteiger partial charge in [-0.1, -0.05) is 15.9 Å². The number of alkyl halides is 1. The number of carbonyl (C=O) groups excluding carboxylic acids is 1. The van der Waals surface area contributed by atoms with Crippen LogP contribution in [-0.2, 0) is 9.53 Å². The van der Waals surface area contributed by atoms with Crippen molar-refractivity contribution < 1.29 is 9.53 Å². The maximum atomic E-state index is 12.1. The number of nitrogens with zero attached hydrogens (tertiary/aromatic N) is 1. The molecule has 1 rings (SSSR count). The summed E-state index contributed by atoms with van der Waals surface area (Å²) in [6, 6.07) is 0.269. The summed E-state index contributed by atoms with van der Waals surface area (Å²) < 4.78 is 5.44. The van der Waals surface area contributed by atoms with Crippen LogP contribution in [0.1, 0.15) is 27.2 Å². The van der Waals surface area contributed by atoms with E-state index in [-0.39, 0.29) is 24.0 Å². The van der Waals surface area contributed by atoms with E-state index in [9.17, 15) is 4.79 Å². The summed E-state index contributed by atoms with van der Waals surface area (Å²) in [6.07, 6.45) is 1.10. The van der Waals surface area contributed by atoms with E-state index in [1.165, 1.54) is 0 Å². The molecule has 1 amide bonds. The molecule has 15 heavy (non-hydrogen) atoms. The van der Waals surface area contributed by atoms with Crippen LogP contribution in [0.4, 0.5) is 0 Å². The lowest BCUT2D eigenvalue weighted by Crippen LogP contribution is -2.42. The highest BCUT2D eigenvalue weighted by Gasteiger charge is 2.32. The van der Waals surface area contributed by atoms with E-state index < -0.39 is 0 Å². The van der Waals surface area contributed by atoms with Crippen LogP contribution < -0.4 is 0 Å². The third-order valence-electron chi connectivity index (χ3n) is 2.78. The van der Waals surface area contributed by atoms with Crippen LogP contribution in [0.25, 0.3) is 0 Å². The zero-order valence-corrected chi connectivity index (χ0v) is 11.3. The second kappa shape index (κ2) is 5.85. The molecule has 0 N–H and O–H groups in total. The molecule has 1 heterocycles. The molecule has 88 valence electrons. The Morgan fingerprint density at radius 2 is 2.27 bits per heavy atom.